The van der Waals surface area contributed by atoms with E-state index in [1.54, 1.807) is 10.3 Å². The first-order chi connectivity index (χ1) is 15.4. The Balaban J connectivity index is 1.32. The molecule has 0 unspecified atom stereocenters. The molecule has 0 radical (unpaired) electrons. The number of thiophene rings is 1. The van der Waals surface area contributed by atoms with Crippen LogP contribution in [0.3, 0.4) is 0 Å². The number of nitrogens with zero attached hydrogens (tertiary/aromatic N) is 2. The van der Waals surface area contributed by atoms with Gasteiger partial charge in [-0.3, -0.25) is 9.59 Å². The van der Waals surface area contributed by atoms with Crippen molar-refractivity contribution in [3.05, 3.63) is 52.9 Å². The van der Waals surface area contributed by atoms with Gasteiger partial charge >= 0.3 is 0 Å². The summed E-state index contributed by atoms with van der Waals surface area (Å²) in [5.41, 5.74) is 1.42. The average Bonchev–Trinajstić information content (AvgIpc) is 3.35. The monoisotopic (exact) mass is 477 g/mol. The molecule has 32 heavy (non-hydrogen) atoms. The summed E-state index contributed by atoms with van der Waals surface area (Å²) in [5, 5.41) is 4.55. The number of rotatable bonds is 6. The standard InChI is InChI=1S/C22H27N3O5S2/c26-21(23-15-17-4-2-1-3-5-17)18-6-8-25(9-7-18)32(28,29)20-14-19(16-31-20)22(27)24-10-12-30-13-11-24/h1-5,14,16,18H,6-13,15H2,(H,23,26). The van der Waals surface area contributed by atoms with Crippen LogP contribution in [0.25, 0.3) is 0 Å². The van der Waals surface area contributed by atoms with Crippen molar-refractivity contribution < 1.29 is 22.7 Å². The number of piperidine rings is 1. The summed E-state index contributed by atoms with van der Waals surface area (Å²) in [7, 11) is -3.69. The van der Waals surface area contributed by atoms with Crippen molar-refractivity contribution >= 4 is 33.2 Å². The molecule has 2 aliphatic heterocycles. The summed E-state index contributed by atoms with van der Waals surface area (Å²) >= 11 is 1.07. The SMILES string of the molecule is O=C(NCc1ccccc1)C1CCN(S(=O)(=O)c2cc(C(=O)N3CCOCC3)cs2)CC1. The van der Waals surface area contributed by atoms with Gasteiger partial charge in [-0.15, -0.1) is 11.3 Å². The van der Waals surface area contributed by atoms with E-state index in [1.165, 1.54) is 10.4 Å². The molecule has 1 aromatic heterocycles. The molecule has 2 saturated heterocycles. The molecule has 3 heterocycles. The number of amides is 2. The minimum atomic E-state index is -3.69. The highest BCUT2D eigenvalue weighted by Crippen LogP contribution is 2.28. The van der Waals surface area contributed by atoms with Crippen molar-refractivity contribution in [2.75, 3.05) is 39.4 Å². The number of benzene rings is 1. The van der Waals surface area contributed by atoms with Gasteiger partial charge < -0.3 is 15.0 Å². The van der Waals surface area contributed by atoms with Gasteiger partial charge in [-0.25, -0.2) is 8.42 Å². The fourth-order valence-electron chi connectivity index (χ4n) is 3.93. The van der Waals surface area contributed by atoms with Gasteiger partial charge in [0.15, 0.2) is 0 Å². The molecule has 10 heteroatoms. The Bertz CT molecular complexity index is 1040. The molecule has 2 amide bonds. The van der Waals surface area contributed by atoms with Gasteiger partial charge in [0.2, 0.25) is 5.91 Å². The number of carbonyl (C=O) groups excluding carboxylic acids is 2. The van der Waals surface area contributed by atoms with Crippen LogP contribution in [0.1, 0.15) is 28.8 Å². The molecule has 1 N–H and O–H groups in total. The van der Waals surface area contributed by atoms with Crippen LogP contribution in [0.5, 0.6) is 0 Å². The Morgan fingerprint density at radius 3 is 2.44 bits per heavy atom. The Morgan fingerprint density at radius 1 is 1.06 bits per heavy atom. The Kier molecular flexibility index (Phi) is 7.24. The lowest BCUT2D eigenvalue weighted by Gasteiger charge is -2.30. The maximum atomic E-state index is 13.1. The maximum Gasteiger partial charge on any atom is 0.254 e. The van der Waals surface area contributed by atoms with E-state index in [-0.39, 0.29) is 35.0 Å². The van der Waals surface area contributed by atoms with Crippen molar-refractivity contribution in [3.63, 3.8) is 0 Å². The van der Waals surface area contributed by atoms with Crippen molar-refractivity contribution in [1.29, 1.82) is 0 Å². The van der Waals surface area contributed by atoms with E-state index in [0.29, 0.717) is 51.3 Å². The van der Waals surface area contributed by atoms with E-state index in [2.05, 4.69) is 5.32 Å². The summed E-state index contributed by atoms with van der Waals surface area (Å²) in [6.45, 7) is 3.05. The molecule has 0 atom stereocenters. The van der Waals surface area contributed by atoms with Gasteiger partial charge in [-0.05, 0) is 24.5 Å². The largest absolute Gasteiger partial charge is 0.378 e. The van der Waals surface area contributed by atoms with E-state index >= 15 is 0 Å². The van der Waals surface area contributed by atoms with Gasteiger partial charge in [0.05, 0.1) is 18.8 Å². The number of hydrogen-bond donors (Lipinski definition) is 1. The lowest BCUT2D eigenvalue weighted by molar-refractivity contribution is -0.126. The third kappa shape index (κ3) is 5.20. The first kappa shape index (κ1) is 22.9. The molecule has 2 fully saturated rings. The zero-order valence-electron chi connectivity index (χ0n) is 17.7. The molecular weight excluding hydrogens is 450 g/mol. The first-order valence-electron chi connectivity index (χ1n) is 10.7. The lowest BCUT2D eigenvalue weighted by atomic mass is 9.97. The molecule has 0 saturated carbocycles. The number of morpholine rings is 1. The number of nitrogens with one attached hydrogen (secondary N) is 1. The molecule has 0 aliphatic carbocycles. The second-order valence-electron chi connectivity index (χ2n) is 7.94. The van der Waals surface area contributed by atoms with Crippen LogP contribution >= 0.6 is 11.3 Å². The predicted molar refractivity (Wildman–Crippen MR) is 121 cm³/mol. The van der Waals surface area contributed by atoms with Gasteiger partial charge in [-0.2, -0.15) is 4.31 Å². The van der Waals surface area contributed by atoms with Gasteiger partial charge in [0.25, 0.3) is 15.9 Å². The van der Waals surface area contributed by atoms with E-state index in [1.807, 2.05) is 30.3 Å². The molecule has 8 nitrogen and oxygen atoms in total. The topological polar surface area (TPSA) is 96.0 Å². The van der Waals surface area contributed by atoms with Crippen LogP contribution < -0.4 is 5.32 Å². The fourth-order valence-corrected chi connectivity index (χ4v) is 6.70. The summed E-state index contributed by atoms with van der Waals surface area (Å²) < 4.78 is 33.0. The highest BCUT2D eigenvalue weighted by Gasteiger charge is 2.33. The van der Waals surface area contributed by atoms with E-state index in [0.717, 1.165) is 16.9 Å². The van der Waals surface area contributed by atoms with Crippen molar-refractivity contribution in [2.45, 2.75) is 23.6 Å². The van der Waals surface area contributed by atoms with E-state index < -0.39 is 10.0 Å². The number of ether oxygens (including phenoxy) is 1. The fraction of sp³-hybridized carbons (Fsp3) is 0.455. The third-order valence-electron chi connectivity index (χ3n) is 5.85. The van der Waals surface area contributed by atoms with Crippen LogP contribution in [0.2, 0.25) is 0 Å². The maximum absolute atomic E-state index is 13.1. The summed E-state index contributed by atoms with van der Waals surface area (Å²) in [6.07, 6.45) is 0.954. The second-order valence-corrected chi connectivity index (χ2v) is 11.0. The third-order valence-corrected chi connectivity index (χ3v) is 9.16. The molecule has 2 aliphatic rings. The van der Waals surface area contributed by atoms with E-state index in [9.17, 15) is 18.0 Å². The predicted octanol–water partition coefficient (Wildman–Crippen LogP) is 1.94. The van der Waals surface area contributed by atoms with Crippen molar-refractivity contribution in [3.8, 4) is 0 Å². The van der Waals surface area contributed by atoms with Crippen LogP contribution in [-0.2, 0) is 26.1 Å². The summed E-state index contributed by atoms with van der Waals surface area (Å²) in [5.74, 6) is -0.410. The van der Waals surface area contributed by atoms with Gasteiger partial charge in [-0.1, -0.05) is 30.3 Å². The van der Waals surface area contributed by atoms with Crippen LogP contribution in [-0.4, -0.2) is 68.8 Å². The lowest BCUT2D eigenvalue weighted by Crippen LogP contribution is -2.42. The first-order valence-corrected chi connectivity index (χ1v) is 13.0. The van der Waals surface area contributed by atoms with Crippen molar-refractivity contribution in [1.82, 2.24) is 14.5 Å². The highest BCUT2D eigenvalue weighted by atomic mass is 32.2. The van der Waals surface area contributed by atoms with Gasteiger partial charge in [0, 0.05) is 44.0 Å². The van der Waals surface area contributed by atoms with E-state index in [4.69, 9.17) is 4.74 Å². The molecule has 4 rings (SSSR count). The Labute approximate surface area is 192 Å². The van der Waals surface area contributed by atoms with Crippen LogP contribution in [0.4, 0.5) is 0 Å². The smallest absolute Gasteiger partial charge is 0.254 e. The normalized spacial score (nSPS) is 18.4. The van der Waals surface area contributed by atoms with Crippen LogP contribution in [0, 0.1) is 5.92 Å². The number of sulfonamides is 1. The Hall–Kier alpha value is -2.27. The Morgan fingerprint density at radius 2 is 1.75 bits per heavy atom. The zero-order valence-corrected chi connectivity index (χ0v) is 19.4. The highest BCUT2D eigenvalue weighted by molar-refractivity contribution is 7.91. The minimum Gasteiger partial charge on any atom is -0.378 e. The molecule has 0 spiro atoms. The number of hydrogen-bond acceptors (Lipinski definition) is 6. The summed E-state index contributed by atoms with van der Waals surface area (Å²) in [4.78, 5) is 26.8. The minimum absolute atomic E-state index is 0.0413. The van der Waals surface area contributed by atoms with Crippen molar-refractivity contribution in [2.24, 2.45) is 5.92 Å². The molecule has 0 bridgehead atoms. The summed E-state index contributed by atoms with van der Waals surface area (Å²) in [6, 6.07) is 11.2. The molecular formula is C22H27N3O5S2. The number of carbonyl (C=O) groups is 2. The zero-order chi connectivity index (χ0) is 22.6. The molecule has 172 valence electrons. The van der Waals surface area contributed by atoms with Gasteiger partial charge in [0.1, 0.15) is 4.21 Å². The molecule has 1 aromatic carbocycles. The quantitative estimate of drug-likeness (QED) is 0.686. The van der Waals surface area contributed by atoms with Crippen LogP contribution in [0.15, 0.2) is 46.0 Å². The average molecular weight is 478 g/mol. The second kappa shape index (κ2) is 10.1. The molecule has 2 aromatic rings.